The van der Waals surface area contributed by atoms with Crippen molar-refractivity contribution in [1.82, 2.24) is 49.0 Å². The number of carbonyl (C=O) groups is 3. The van der Waals surface area contributed by atoms with Crippen LogP contribution >= 0.6 is 0 Å². The Balaban J connectivity index is 0.862. The summed E-state index contributed by atoms with van der Waals surface area (Å²) in [6.07, 6.45) is 8.24. The minimum absolute atomic E-state index is 0.0968. The number of piperidine rings is 1. The van der Waals surface area contributed by atoms with Crippen molar-refractivity contribution in [2.24, 2.45) is 0 Å². The molecule has 17 nitrogen and oxygen atoms in total. The standard InChI is InChI=1S/C37H40N12O5S/c1-22(2)49-30-16-32(41-31-9-10-38-34(42-31)25-17-40-48(21-25)55(53,54)26-4-5-26)39-18-28(30)35(44-49)46-13-11-45(12-14-46)19-23-3-6-27-24(15-23)20-47(37(27)52)29-7-8-33(50)43-36(29)51/h3,6,9-10,15-18,21-22,26,29H,4-5,7-8,11-14,19-20H2,1-2H3,(H,43,50,51)(H,38,39,41,42). The first-order chi connectivity index (χ1) is 26.5. The summed E-state index contributed by atoms with van der Waals surface area (Å²) in [7, 11) is -3.49. The largest absolute Gasteiger partial charge is 0.352 e. The minimum Gasteiger partial charge on any atom is -0.352 e. The van der Waals surface area contributed by atoms with Crippen molar-refractivity contribution >= 4 is 56.1 Å². The fourth-order valence-corrected chi connectivity index (χ4v) is 9.07. The van der Waals surface area contributed by atoms with E-state index >= 15 is 0 Å². The first-order valence-corrected chi connectivity index (χ1v) is 20.0. The number of imide groups is 1. The van der Waals surface area contributed by atoms with Crippen molar-refractivity contribution < 1.29 is 22.8 Å². The van der Waals surface area contributed by atoms with Gasteiger partial charge in [-0.05, 0) is 56.4 Å². The molecule has 1 unspecified atom stereocenters. The Morgan fingerprint density at radius 3 is 2.55 bits per heavy atom. The number of pyridine rings is 1. The van der Waals surface area contributed by atoms with Gasteiger partial charge in [0.1, 0.15) is 17.7 Å². The number of hydrogen-bond acceptors (Lipinski definition) is 13. The molecule has 3 fully saturated rings. The third-order valence-electron chi connectivity index (χ3n) is 10.7. The number of anilines is 3. The van der Waals surface area contributed by atoms with E-state index in [1.54, 1.807) is 17.2 Å². The lowest BCUT2D eigenvalue weighted by Crippen LogP contribution is -2.52. The number of aromatic nitrogens is 7. The molecule has 1 atom stereocenters. The smallest absolute Gasteiger partial charge is 0.256 e. The van der Waals surface area contributed by atoms with Gasteiger partial charge in [-0.25, -0.2) is 23.4 Å². The van der Waals surface area contributed by atoms with Gasteiger partial charge in [-0.1, -0.05) is 12.1 Å². The average Bonchev–Trinajstić information content (AvgIpc) is 3.66. The molecule has 55 heavy (non-hydrogen) atoms. The fraction of sp³-hybridized carbons (Fsp3) is 0.405. The first-order valence-electron chi connectivity index (χ1n) is 18.5. The van der Waals surface area contributed by atoms with E-state index in [2.05, 4.69) is 55.4 Å². The highest BCUT2D eigenvalue weighted by molar-refractivity contribution is 7.90. The number of amides is 3. The van der Waals surface area contributed by atoms with Gasteiger partial charge in [-0.2, -0.15) is 14.3 Å². The molecule has 4 aromatic heterocycles. The van der Waals surface area contributed by atoms with Gasteiger partial charge in [0.05, 0.1) is 34.1 Å². The molecule has 1 aliphatic carbocycles. The van der Waals surface area contributed by atoms with Crippen LogP contribution in [-0.4, -0.2) is 107 Å². The molecule has 3 amide bonds. The van der Waals surface area contributed by atoms with Crippen LogP contribution < -0.4 is 15.5 Å². The number of hydrogen-bond donors (Lipinski definition) is 2. The zero-order valence-corrected chi connectivity index (χ0v) is 31.2. The van der Waals surface area contributed by atoms with E-state index in [9.17, 15) is 22.8 Å². The highest BCUT2D eigenvalue weighted by Crippen LogP contribution is 2.33. The second-order valence-electron chi connectivity index (χ2n) is 14.8. The number of piperazine rings is 1. The predicted molar refractivity (Wildman–Crippen MR) is 202 cm³/mol. The summed E-state index contributed by atoms with van der Waals surface area (Å²) in [5, 5.41) is 15.3. The molecular weight excluding hydrogens is 725 g/mol. The van der Waals surface area contributed by atoms with Gasteiger partial charge in [0.25, 0.3) is 15.9 Å². The zero-order valence-electron chi connectivity index (χ0n) is 30.4. The highest BCUT2D eigenvalue weighted by Gasteiger charge is 2.40. The van der Waals surface area contributed by atoms with Gasteiger partial charge in [-0.15, -0.1) is 0 Å². The summed E-state index contributed by atoms with van der Waals surface area (Å²) >= 11 is 0. The molecule has 1 aromatic carbocycles. The molecule has 9 rings (SSSR count). The molecule has 4 aliphatic rings. The van der Waals surface area contributed by atoms with Crippen LogP contribution in [0, 0.1) is 0 Å². The van der Waals surface area contributed by atoms with E-state index in [0.717, 1.165) is 64.7 Å². The molecule has 0 radical (unpaired) electrons. The predicted octanol–water partition coefficient (Wildman–Crippen LogP) is 2.83. The molecule has 18 heteroatoms. The fourth-order valence-electron chi connectivity index (χ4n) is 7.59. The van der Waals surface area contributed by atoms with Crippen LogP contribution in [0.2, 0.25) is 0 Å². The quantitative estimate of drug-likeness (QED) is 0.198. The summed E-state index contributed by atoms with van der Waals surface area (Å²) in [6.45, 7) is 8.48. The molecule has 7 heterocycles. The second kappa shape index (κ2) is 13.5. The van der Waals surface area contributed by atoms with E-state index in [4.69, 9.17) is 10.1 Å². The van der Waals surface area contributed by atoms with Crippen molar-refractivity contribution in [3.8, 4) is 11.4 Å². The van der Waals surface area contributed by atoms with Gasteiger partial charge < -0.3 is 15.1 Å². The van der Waals surface area contributed by atoms with Crippen molar-refractivity contribution in [1.29, 1.82) is 0 Å². The number of nitrogens with zero attached hydrogens (tertiary/aromatic N) is 10. The lowest BCUT2D eigenvalue weighted by molar-refractivity contribution is -0.136. The van der Waals surface area contributed by atoms with Crippen LogP contribution in [0.3, 0.4) is 0 Å². The Bertz CT molecular complexity index is 2470. The molecule has 1 saturated carbocycles. The van der Waals surface area contributed by atoms with Crippen molar-refractivity contribution in [2.75, 3.05) is 36.4 Å². The highest BCUT2D eigenvalue weighted by atomic mass is 32.2. The molecule has 2 N–H and O–H groups in total. The average molecular weight is 765 g/mol. The Kier molecular flexibility index (Phi) is 8.60. The second-order valence-corrected chi connectivity index (χ2v) is 16.9. The summed E-state index contributed by atoms with van der Waals surface area (Å²) in [6, 6.07) is 9.08. The number of rotatable bonds is 10. The summed E-state index contributed by atoms with van der Waals surface area (Å²) in [4.78, 5) is 57.2. The Morgan fingerprint density at radius 1 is 0.964 bits per heavy atom. The van der Waals surface area contributed by atoms with Gasteiger partial charge >= 0.3 is 0 Å². The lowest BCUT2D eigenvalue weighted by Gasteiger charge is -2.35. The van der Waals surface area contributed by atoms with Crippen molar-refractivity contribution in [3.63, 3.8) is 0 Å². The number of carbonyl (C=O) groups excluding carboxylic acids is 3. The Labute approximate surface area is 316 Å². The van der Waals surface area contributed by atoms with Crippen LogP contribution in [0.1, 0.15) is 67.1 Å². The molecule has 2 saturated heterocycles. The van der Waals surface area contributed by atoms with Crippen LogP contribution in [0.4, 0.5) is 17.5 Å². The van der Waals surface area contributed by atoms with Crippen LogP contribution in [0.15, 0.2) is 55.1 Å². The molecule has 3 aliphatic heterocycles. The molecule has 0 bridgehead atoms. The Hall–Kier alpha value is -5.75. The zero-order chi connectivity index (χ0) is 38.0. The number of nitrogens with one attached hydrogen (secondary N) is 2. The maximum atomic E-state index is 13.1. The third-order valence-corrected chi connectivity index (χ3v) is 12.7. The first kappa shape index (κ1) is 35.0. The monoisotopic (exact) mass is 764 g/mol. The number of benzene rings is 1. The number of fused-ring (bicyclic) bond motifs is 2. The van der Waals surface area contributed by atoms with Crippen LogP contribution in [-0.2, 0) is 32.7 Å². The molecule has 284 valence electrons. The van der Waals surface area contributed by atoms with Crippen LogP contribution in [0.25, 0.3) is 22.3 Å². The normalized spacial score (nSPS) is 19.4. The van der Waals surface area contributed by atoms with Gasteiger partial charge in [-0.3, -0.25) is 29.3 Å². The lowest BCUT2D eigenvalue weighted by atomic mass is 10.0. The molecule has 5 aromatic rings. The maximum absolute atomic E-state index is 13.1. The Morgan fingerprint density at radius 2 is 1.78 bits per heavy atom. The van der Waals surface area contributed by atoms with E-state index in [1.807, 2.05) is 29.1 Å². The topological polar surface area (TPSA) is 193 Å². The van der Waals surface area contributed by atoms with Gasteiger partial charge in [0.15, 0.2) is 11.6 Å². The van der Waals surface area contributed by atoms with Crippen molar-refractivity contribution in [3.05, 3.63) is 71.8 Å². The summed E-state index contributed by atoms with van der Waals surface area (Å²) in [5.41, 5.74) is 4.07. The van der Waals surface area contributed by atoms with E-state index in [1.165, 1.54) is 12.4 Å². The van der Waals surface area contributed by atoms with E-state index in [-0.39, 0.29) is 29.5 Å². The van der Waals surface area contributed by atoms with Gasteiger partial charge in [0, 0.05) is 75.8 Å². The van der Waals surface area contributed by atoms with Gasteiger partial charge in [0.2, 0.25) is 11.8 Å². The minimum atomic E-state index is -3.49. The third kappa shape index (κ3) is 6.58. The summed E-state index contributed by atoms with van der Waals surface area (Å²) in [5.74, 6) is 1.45. The molecule has 0 spiro atoms. The maximum Gasteiger partial charge on any atom is 0.256 e. The molecular formula is C37H40N12O5S. The summed E-state index contributed by atoms with van der Waals surface area (Å²) < 4.78 is 28.3. The van der Waals surface area contributed by atoms with Crippen molar-refractivity contribution in [2.45, 2.75) is 70.0 Å². The SMILES string of the molecule is CC(C)n1nc(N2CCN(Cc3ccc4c(c3)CN(C3CCC(=O)NC3=O)C4=O)CC2)c2cnc(Nc3ccnc(-c4cnn(S(=O)(=O)C5CC5)c4)n3)cc21. The van der Waals surface area contributed by atoms with E-state index < -0.39 is 22.0 Å². The van der Waals surface area contributed by atoms with E-state index in [0.29, 0.717) is 54.4 Å². The van der Waals surface area contributed by atoms with Crippen LogP contribution in [0.5, 0.6) is 0 Å².